The molecule has 8 rings (SSSR count). The number of pyridine rings is 3. The highest BCUT2D eigenvalue weighted by atomic mass is 15.3. The van der Waals surface area contributed by atoms with Crippen LogP contribution < -0.4 is 13.7 Å². The van der Waals surface area contributed by atoms with Crippen LogP contribution in [0.3, 0.4) is 0 Å². The Balaban J connectivity index is 1.59. The fourth-order valence-corrected chi connectivity index (χ4v) is 6.63. The second-order valence-corrected chi connectivity index (χ2v) is 10.1. The van der Waals surface area contributed by atoms with E-state index in [0.29, 0.717) is 0 Å². The minimum atomic E-state index is -0.482. The van der Waals surface area contributed by atoms with Crippen LogP contribution >= 0.6 is 0 Å². The number of aromatic nitrogens is 3. The summed E-state index contributed by atoms with van der Waals surface area (Å²) in [6.45, 7) is 0. The number of nitrogens with zero attached hydrogens (tertiary/aromatic N) is 3. The lowest BCUT2D eigenvalue weighted by Gasteiger charge is -2.24. The molecule has 5 heterocycles. The van der Waals surface area contributed by atoms with Crippen molar-refractivity contribution in [3.05, 3.63) is 157 Å². The van der Waals surface area contributed by atoms with Crippen molar-refractivity contribution in [3.8, 4) is 39.5 Å². The first-order valence-corrected chi connectivity index (χ1v) is 13.2. The van der Waals surface area contributed by atoms with Crippen LogP contribution in [-0.4, -0.2) is 0 Å². The number of hydrogen-bond acceptors (Lipinski definition) is 0. The van der Waals surface area contributed by atoms with Gasteiger partial charge in [-0.3, -0.25) is 0 Å². The average Bonchev–Trinajstić information content (AvgIpc) is 3.28. The zero-order valence-electron chi connectivity index (χ0n) is 20.9. The second kappa shape index (κ2) is 8.06. The number of benzene rings is 3. The van der Waals surface area contributed by atoms with Crippen LogP contribution in [-0.2, 0) is 12.1 Å². The Morgan fingerprint density at radius 1 is 0.447 bits per heavy atom. The third-order valence-corrected chi connectivity index (χ3v) is 8.18. The van der Waals surface area contributed by atoms with Crippen LogP contribution in [0.1, 0.15) is 11.1 Å². The lowest BCUT2D eigenvalue weighted by Crippen LogP contribution is -2.74. The van der Waals surface area contributed by atoms with Gasteiger partial charge in [-0.1, -0.05) is 42.5 Å². The maximum atomic E-state index is 2.51. The summed E-state index contributed by atoms with van der Waals surface area (Å²) in [5, 5.41) is 0. The predicted molar refractivity (Wildman–Crippen MR) is 147 cm³/mol. The molecule has 1 spiro atoms. The first kappa shape index (κ1) is 21.2. The molecule has 178 valence electrons. The lowest BCUT2D eigenvalue weighted by atomic mass is 9.86. The van der Waals surface area contributed by atoms with Crippen molar-refractivity contribution >= 4 is 0 Å². The molecule has 0 saturated carbocycles. The number of fused-ring (bicyclic) bond motifs is 13. The van der Waals surface area contributed by atoms with Gasteiger partial charge in [-0.2, -0.15) is 4.57 Å². The van der Waals surface area contributed by atoms with Gasteiger partial charge in [0.1, 0.15) is 17.5 Å². The Hall–Kier alpha value is -4.89. The predicted octanol–water partition coefficient (Wildman–Crippen LogP) is 5.66. The summed E-state index contributed by atoms with van der Waals surface area (Å²) < 4.78 is 7.33. The quantitative estimate of drug-likeness (QED) is 0.245. The first-order chi connectivity index (χ1) is 18.9. The molecule has 6 aromatic rings. The molecule has 2 aliphatic rings. The second-order valence-electron chi connectivity index (χ2n) is 10.1. The van der Waals surface area contributed by atoms with E-state index in [0.717, 1.165) is 6.42 Å². The van der Waals surface area contributed by atoms with Gasteiger partial charge in [0.15, 0.2) is 18.6 Å². The van der Waals surface area contributed by atoms with E-state index in [1.54, 1.807) is 0 Å². The summed E-state index contributed by atoms with van der Waals surface area (Å²) in [4.78, 5) is 0. The number of hydrogen-bond donors (Lipinski definition) is 0. The van der Waals surface area contributed by atoms with Crippen molar-refractivity contribution in [1.82, 2.24) is 0 Å². The van der Waals surface area contributed by atoms with E-state index in [-0.39, 0.29) is 0 Å². The molecule has 3 aromatic heterocycles. The van der Waals surface area contributed by atoms with Crippen molar-refractivity contribution < 1.29 is 13.7 Å². The fourth-order valence-electron chi connectivity index (χ4n) is 6.63. The molecule has 0 radical (unpaired) electrons. The van der Waals surface area contributed by atoms with Crippen LogP contribution in [0.2, 0.25) is 0 Å². The van der Waals surface area contributed by atoms with Gasteiger partial charge in [0.2, 0.25) is 22.8 Å². The van der Waals surface area contributed by atoms with E-state index in [4.69, 9.17) is 0 Å². The molecule has 2 aliphatic heterocycles. The fraction of sp³-hybridized carbons (Fsp3) is 0.0571. The molecule has 0 bridgehead atoms. The largest absolute Gasteiger partial charge is 0.393 e. The van der Waals surface area contributed by atoms with E-state index in [1.165, 1.54) is 50.6 Å². The van der Waals surface area contributed by atoms with E-state index in [1.807, 2.05) is 0 Å². The van der Waals surface area contributed by atoms with Crippen molar-refractivity contribution in [2.45, 2.75) is 12.1 Å². The van der Waals surface area contributed by atoms with Crippen molar-refractivity contribution in [2.24, 2.45) is 0 Å². The van der Waals surface area contributed by atoms with E-state index in [9.17, 15) is 0 Å². The minimum Gasteiger partial charge on any atom is -0.159 e. The standard InChI is InChI=1S/C35H26N3/c1-2-14-27-26(13-1)25-35(30-17-5-3-15-28(30)33-20-8-11-23-37(33)35)38-24-12-9-21-34(38)29-16-4-6-18-32(29)36-22-10-7-19-31(27)36/h1-24H,25H2/q+3/t35-/m1/s1. The average molecular weight is 489 g/mol. The third kappa shape index (κ3) is 2.81. The smallest absolute Gasteiger partial charge is 0.159 e. The molecular weight excluding hydrogens is 462 g/mol. The Bertz CT molecular complexity index is 1820. The van der Waals surface area contributed by atoms with Gasteiger partial charge in [-0.15, -0.1) is 9.13 Å². The molecule has 38 heavy (non-hydrogen) atoms. The lowest BCUT2D eigenvalue weighted by molar-refractivity contribution is -0.970. The van der Waals surface area contributed by atoms with Gasteiger partial charge >= 0.3 is 5.66 Å². The van der Waals surface area contributed by atoms with Crippen LogP contribution in [0.5, 0.6) is 0 Å². The summed E-state index contributed by atoms with van der Waals surface area (Å²) >= 11 is 0. The van der Waals surface area contributed by atoms with Gasteiger partial charge in [0, 0.05) is 42.5 Å². The van der Waals surface area contributed by atoms with Crippen molar-refractivity contribution in [3.63, 3.8) is 0 Å². The summed E-state index contributed by atoms with van der Waals surface area (Å²) in [6, 6.07) is 46.2. The molecule has 0 N–H and O–H groups in total. The molecule has 0 fully saturated rings. The zero-order chi connectivity index (χ0) is 25.1. The zero-order valence-corrected chi connectivity index (χ0v) is 20.9. The SMILES string of the molecule is c1ccc2c(c1)C[C@]1(c3ccccc3-c3cccc[n+]31)[n+]1ccccc1-c1ccccc1-[n+]1ccccc1-2. The van der Waals surface area contributed by atoms with Gasteiger partial charge in [-0.05, 0) is 48.0 Å². The summed E-state index contributed by atoms with van der Waals surface area (Å²) in [7, 11) is 0. The van der Waals surface area contributed by atoms with Gasteiger partial charge in [0.05, 0.1) is 11.1 Å². The van der Waals surface area contributed by atoms with Gasteiger partial charge in [-0.25, -0.2) is 0 Å². The van der Waals surface area contributed by atoms with Crippen LogP contribution in [0.4, 0.5) is 0 Å². The monoisotopic (exact) mass is 488 g/mol. The summed E-state index contributed by atoms with van der Waals surface area (Å²) in [5.74, 6) is 0. The van der Waals surface area contributed by atoms with Gasteiger partial charge in [0.25, 0.3) is 0 Å². The maximum Gasteiger partial charge on any atom is 0.393 e. The molecule has 3 aromatic carbocycles. The van der Waals surface area contributed by atoms with E-state index in [2.05, 4.69) is 160 Å². The topological polar surface area (TPSA) is 11.6 Å². The highest BCUT2D eigenvalue weighted by molar-refractivity contribution is 5.70. The van der Waals surface area contributed by atoms with Crippen LogP contribution in [0, 0.1) is 0 Å². The van der Waals surface area contributed by atoms with Crippen molar-refractivity contribution in [2.75, 3.05) is 0 Å². The molecule has 0 unspecified atom stereocenters. The number of para-hydroxylation sites is 1. The molecule has 0 saturated heterocycles. The summed E-state index contributed by atoms with van der Waals surface area (Å²) in [6.07, 6.45) is 7.51. The van der Waals surface area contributed by atoms with Gasteiger partial charge < -0.3 is 0 Å². The Kier molecular flexibility index (Phi) is 4.50. The first-order valence-electron chi connectivity index (χ1n) is 13.2. The Morgan fingerprint density at radius 3 is 1.79 bits per heavy atom. The van der Waals surface area contributed by atoms with E-state index >= 15 is 0 Å². The van der Waals surface area contributed by atoms with Crippen LogP contribution in [0.15, 0.2) is 146 Å². The Labute approximate surface area is 222 Å². The maximum absolute atomic E-state index is 2.51. The molecule has 0 amide bonds. The van der Waals surface area contributed by atoms with Crippen LogP contribution in [0.25, 0.3) is 39.5 Å². The molecule has 3 heteroatoms. The highest BCUT2D eigenvalue weighted by Crippen LogP contribution is 2.40. The normalized spacial score (nSPS) is 16.4. The molecule has 3 nitrogen and oxygen atoms in total. The van der Waals surface area contributed by atoms with Crippen molar-refractivity contribution in [1.29, 1.82) is 0 Å². The number of rotatable bonds is 0. The minimum absolute atomic E-state index is 0.482. The molecule has 0 aliphatic carbocycles. The summed E-state index contributed by atoms with van der Waals surface area (Å²) in [5.41, 5.74) is 10.7. The Morgan fingerprint density at radius 2 is 1.00 bits per heavy atom. The highest BCUT2D eigenvalue weighted by Gasteiger charge is 2.60. The third-order valence-electron chi connectivity index (χ3n) is 8.18. The molecular formula is C35H26N3+3. The molecule has 1 atom stereocenters. The van der Waals surface area contributed by atoms with E-state index < -0.39 is 5.66 Å².